The van der Waals surface area contributed by atoms with Crippen LogP contribution in [0.4, 0.5) is 13.2 Å². The van der Waals surface area contributed by atoms with Crippen LogP contribution in [-0.4, -0.2) is 32.0 Å². The zero-order chi connectivity index (χ0) is 15.5. The van der Waals surface area contributed by atoms with E-state index in [-0.39, 0.29) is 5.56 Å². The maximum atomic E-state index is 12.2. The van der Waals surface area contributed by atoms with Crippen molar-refractivity contribution in [2.24, 2.45) is 0 Å². The number of carboxylic acid groups (broad SMARTS) is 1. The number of halogens is 3. The smallest absolute Gasteiger partial charge is 0.408 e. The Kier molecular flexibility index (Phi) is 4.06. The van der Waals surface area contributed by atoms with Crippen LogP contribution in [0.25, 0.3) is 12.2 Å². The zero-order valence-corrected chi connectivity index (χ0v) is 10.6. The van der Waals surface area contributed by atoms with Crippen molar-refractivity contribution in [1.82, 2.24) is 14.8 Å². The molecule has 2 heterocycles. The first-order valence-electron chi connectivity index (χ1n) is 5.80. The van der Waals surface area contributed by atoms with Crippen LogP contribution in [0.5, 0.6) is 0 Å². The van der Waals surface area contributed by atoms with E-state index in [2.05, 4.69) is 10.1 Å². The third-order valence-electron chi connectivity index (χ3n) is 2.47. The Morgan fingerprint density at radius 3 is 2.81 bits per heavy atom. The predicted molar refractivity (Wildman–Crippen MR) is 68.4 cm³/mol. The molecule has 0 radical (unpaired) electrons. The molecule has 0 fully saturated rings. The van der Waals surface area contributed by atoms with Gasteiger partial charge < -0.3 is 5.11 Å². The second-order valence-electron chi connectivity index (χ2n) is 4.19. The Bertz CT molecular complexity index is 677. The van der Waals surface area contributed by atoms with Crippen molar-refractivity contribution in [3.05, 3.63) is 47.5 Å². The Balaban J connectivity index is 2.11. The summed E-state index contributed by atoms with van der Waals surface area (Å²) in [6.45, 7) is -1.16. The van der Waals surface area contributed by atoms with Crippen molar-refractivity contribution in [2.45, 2.75) is 12.7 Å². The Labute approximate surface area is 117 Å². The Morgan fingerprint density at radius 1 is 1.38 bits per heavy atom. The van der Waals surface area contributed by atoms with Gasteiger partial charge in [-0.3, -0.25) is 9.67 Å². The van der Waals surface area contributed by atoms with Gasteiger partial charge in [0.1, 0.15) is 6.54 Å². The molecule has 0 spiro atoms. The maximum Gasteiger partial charge on any atom is 0.408 e. The van der Waals surface area contributed by atoms with Crippen LogP contribution in [-0.2, 0) is 6.54 Å². The largest absolute Gasteiger partial charge is 0.478 e. The molecule has 0 unspecified atom stereocenters. The average molecular weight is 297 g/mol. The average Bonchev–Trinajstić information content (AvgIpc) is 2.82. The predicted octanol–water partition coefficient (Wildman–Crippen LogP) is 2.71. The minimum absolute atomic E-state index is 0.0809. The number of carbonyl (C=O) groups is 1. The summed E-state index contributed by atoms with van der Waals surface area (Å²) in [5, 5.41) is 12.4. The lowest BCUT2D eigenvalue weighted by Crippen LogP contribution is -2.17. The lowest BCUT2D eigenvalue weighted by atomic mass is 10.2. The number of hydrogen-bond acceptors (Lipinski definition) is 3. The van der Waals surface area contributed by atoms with E-state index in [1.165, 1.54) is 42.9 Å². The highest BCUT2D eigenvalue weighted by Crippen LogP contribution is 2.17. The topological polar surface area (TPSA) is 68.0 Å². The van der Waals surface area contributed by atoms with Crippen molar-refractivity contribution in [2.75, 3.05) is 0 Å². The summed E-state index contributed by atoms with van der Waals surface area (Å²) in [4.78, 5) is 14.7. The highest BCUT2D eigenvalue weighted by molar-refractivity contribution is 5.88. The molecule has 5 nitrogen and oxygen atoms in total. The van der Waals surface area contributed by atoms with Crippen molar-refractivity contribution < 1.29 is 23.1 Å². The molecule has 0 amide bonds. The number of pyridine rings is 1. The summed E-state index contributed by atoms with van der Waals surface area (Å²) < 4.78 is 37.3. The molecule has 0 saturated heterocycles. The summed E-state index contributed by atoms with van der Waals surface area (Å²) in [5.41, 5.74) is 0.928. The number of alkyl halides is 3. The summed E-state index contributed by atoms with van der Waals surface area (Å²) in [5.74, 6) is -1.08. The van der Waals surface area contributed by atoms with Crippen LogP contribution < -0.4 is 0 Å². The fraction of sp³-hybridized carbons (Fsp3) is 0.154. The van der Waals surface area contributed by atoms with Gasteiger partial charge in [0.05, 0.1) is 17.5 Å². The normalized spacial score (nSPS) is 12.0. The highest BCUT2D eigenvalue weighted by Gasteiger charge is 2.28. The summed E-state index contributed by atoms with van der Waals surface area (Å²) in [7, 11) is 0. The summed E-state index contributed by atoms with van der Waals surface area (Å²) >= 11 is 0. The molecule has 0 aliphatic rings. The Morgan fingerprint density at radius 2 is 2.14 bits per heavy atom. The molecular formula is C13H10F3N3O2. The van der Waals surface area contributed by atoms with Gasteiger partial charge in [0.2, 0.25) is 0 Å². The second-order valence-corrected chi connectivity index (χ2v) is 4.19. The first kappa shape index (κ1) is 14.8. The SMILES string of the molecule is O=C(O)c1ccnc(/C=C/c2cnn(CC(F)(F)F)c2)c1. The molecule has 0 bridgehead atoms. The van der Waals surface area contributed by atoms with E-state index in [0.717, 1.165) is 4.68 Å². The van der Waals surface area contributed by atoms with Crippen LogP contribution in [0.15, 0.2) is 30.7 Å². The van der Waals surface area contributed by atoms with Gasteiger partial charge >= 0.3 is 12.1 Å². The van der Waals surface area contributed by atoms with Gasteiger partial charge in [-0.15, -0.1) is 0 Å². The fourth-order valence-corrected chi connectivity index (χ4v) is 1.59. The van der Waals surface area contributed by atoms with E-state index < -0.39 is 18.7 Å². The molecule has 2 aromatic heterocycles. The molecule has 0 atom stereocenters. The molecule has 0 aromatic carbocycles. The summed E-state index contributed by atoms with van der Waals surface area (Å²) in [6.07, 6.45) is 2.55. The molecular weight excluding hydrogens is 287 g/mol. The first-order chi connectivity index (χ1) is 9.83. The van der Waals surface area contributed by atoms with Gasteiger partial charge in [0.25, 0.3) is 0 Å². The van der Waals surface area contributed by atoms with Crippen molar-refractivity contribution in [3.63, 3.8) is 0 Å². The molecule has 8 heteroatoms. The molecule has 1 N–H and O–H groups in total. The lowest BCUT2D eigenvalue weighted by Gasteiger charge is -2.04. The van der Waals surface area contributed by atoms with Crippen LogP contribution in [0.3, 0.4) is 0 Å². The molecule has 110 valence electrons. The first-order valence-corrected chi connectivity index (χ1v) is 5.80. The van der Waals surface area contributed by atoms with Crippen molar-refractivity contribution in [3.8, 4) is 0 Å². The molecule has 0 saturated carbocycles. The van der Waals surface area contributed by atoms with Gasteiger partial charge in [-0.1, -0.05) is 0 Å². The van der Waals surface area contributed by atoms with E-state index in [0.29, 0.717) is 11.3 Å². The molecule has 0 aliphatic carbocycles. The minimum atomic E-state index is -4.33. The molecule has 2 aromatic rings. The van der Waals surface area contributed by atoms with Crippen molar-refractivity contribution in [1.29, 1.82) is 0 Å². The molecule has 2 rings (SSSR count). The van der Waals surface area contributed by atoms with Gasteiger partial charge in [-0.25, -0.2) is 4.79 Å². The van der Waals surface area contributed by atoms with E-state index in [4.69, 9.17) is 5.11 Å². The third-order valence-corrected chi connectivity index (χ3v) is 2.47. The number of rotatable bonds is 4. The number of hydrogen-bond donors (Lipinski definition) is 1. The van der Waals surface area contributed by atoms with E-state index in [1.54, 1.807) is 0 Å². The van der Waals surface area contributed by atoms with E-state index in [9.17, 15) is 18.0 Å². The number of carboxylic acids is 1. The van der Waals surface area contributed by atoms with Gasteiger partial charge in [0, 0.05) is 18.0 Å². The lowest BCUT2D eigenvalue weighted by molar-refractivity contribution is -0.142. The standard InChI is InChI=1S/C13H10F3N3O2/c14-13(15,16)8-19-7-9(6-18-19)1-2-11-5-10(12(20)21)3-4-17-11/h1-7H,8H2,(H,20,21)/b2-1+. The van der Waals surface area contributed by atoms with Gasteiger partial charge in [-0.2, -0.15) is 18.3 Å². The Hall–Kier alpha value is -2.64. The minimum Gasteiger partial charge on any atom is -0.478 e. The monoisotopic (exact) mass is 297 g/mol. The number of aromatic nitrogens is 3. The highest BCUT2D eigenvalue weighted by atomic mass is 19.4. The number of nitrogens with zero attached hydrogens (tertiary/aromatic N) is 3. The van der Waals surface area contributed by atoms with Crippen molar-refractivity contribution >= 4 is 18.1 Å². The van der Waals surface area contributed by atoms with E-state index in [1.807, 2.05) is 0 Å². The van der Waals surface area contributed by atoms with Crippen LogP contribution >= 0.6 is 0 Å². The molecule has 21 heavy (non-hydrogen) atoms. The van der Waals surface area contributed by atoms with E-state index >= 15 is 0 Å². The maximum absolute atomic E-state index is 12.2. The van der Waals surface area contributed by atoms with Crippen LogP contribution in [0, 0.1) is 0 Å². The quantitative estimate of drug-likeness (QED) is 0.942. The van der Waals surface area contributed by atoms with Gasteiger partial charge in [0.15, 0.2) is 0 Å². The second kappa shape index (κ2) is 5.78. The fourth-order valence-electron chi connectivity index (χ4n) is 1.59. The summed E-state index contributed by atoms with van der Waals surface area (Å²) in [6, 6.07) is 2.71. The molecule has 0 aliphatic heterocycles. The van der Waals surface area contributed by atoms with Gasteiger partial charge in [-0.05, 0) is 24.3 Å². The van der Waals surface area contributed by atoms with Crippen LogP contribution in [0.1, 0.15) is 21.6 Å². The third kappa shape index (κ3) is 4.44. The van der Waals surface area contributed by atoms with Crippen LogP contribution in [0.2, 0.25) is 0 Å². The number of aromatic carboxylic acids is 1. The zero-order valence-electron chi connectivity index (χ0n) is 10.6.